The van der Waals surface area contributed by atoms with Gasteiger partial charge in [-0.15, -0.1) is 0 Å². The van der Waals surface area contributed by atoms with E-state index in [4.69, 9.17) is 0 Å². The number of rotatable bonds is 7. The fourth-order valence-electron chi connectivity index (χ4n) is 1.84. The molecular weight excluding hydrogens is 254 g/mol. The molecule has 0 aliphatic carbocycles. The third-order valence-corrected chi connectivity index (χ3v) is 2.95. The molecule has 0 spiro atoms. The maximum atomic E-state index is 10.5. The van der Waals surface area contributed by atoms with Crippen molar-refractivity contribution in [1.29, 1.82) is 0 Å². The Morgan fingerprint density at radius 2 is 1.60 bits per heavy atom. The van der Waals surface area contributed by atoms with Gasteiger partial charge < -0.3 is 0 Å². The number of hydrogen-bond donors (Lipinski definition) is 2. The molecule has 0 unspecified atom stereocenters. The first-order valence-corrected chi connectivity index (χ1v) is 6.49. The number of nitrogens with one attached hydrogen (secondary N) is 2. The smallest absolute Gasteiger partial charge is 0.258 e. The number of hydrogen-bond acceptors (Lipinski definition) is 4. The summed E-state index contributed by atoms with van der Waals surface area (Å²) >= 11 is 0. The first-order chi connectivity index (χ1) is 9.75. The van der Waals surface area contributed by atoms with E-state index in [-0.39, 0.29) is 10.6 Å². The van der Waals surface area contributed by atoms with Crippen LogP contribution in [0.4, 0.5) is 5.69 Å². The lowest BCUT2D eigenvalue weighted by atomic mass is 10.1. The number of benzene rings is 2. The molecule has 0 saturated carbocycles. The molecule has 0 radical (unpaired) electrons. The zero-order valence-corrected chi connectivity index (χ0v) is 11.1. The van der Waals surface area contributed by atoms with Crippen LogP contribution >= 0.6 is 0 Å². The highest BCUT2D eigenvalue weighted by Gasteiger charge is 2.03. The lowest BCUT2D eigenvalue weighted by molar-refractivity contribution is -0.384. The number of non-ortho nitro benzene ring substituents is 1. The van der Waals surface area contributed by atoms with Gasteiger partial charge in [0.1, 0.15) is 0 Å². The van der Waals surface area contributed by atoms with E-state index in [2.05, 4.69) is 23.0 Å². The molecule has 0 amide bonds. The molecule has 2 rings (SSSR count). The summed E-state index contributed by atoms with van der Waals surface area (Å²) in [7, 11) is 0. The Bertz CT molecular complexity index is 541. The van der Waals surface area contributed by atoms with E-state index in [9.17, 15) is 10.1 Å². The predicted octanol–water partition coefficient (Wildman–Crippen LogP) is 2.43. The molecule has 0 atom stereocenters. The molecule has 0 aliphatic heterocycles. The summed E-state index contributed by atoms with van der Waals surface area (Å²) in [4.78, 5) is 10.1. The van der Waals surface area contributed by atoms with Crippen LogP contribution in [0.25, 0.3) is 0 Å². The average molecular weight is 271 g/mol. The second-order valence-corrected chi connectivity index (χ2v) is 4.44. The van der Waals surface area contributed by atoms with Crippen molar-refractivity contribution in [2.24, 2.45) is 0 Å². The summed E-state index contributed by atoms with van der Waals surface area (Å²) in [6, 6.07) is 16.8. The number of hydrazine groups is 1. The molecule has 5 heteroatoms. The van der Waals surface area contributed by atoms with Crippen molar-refractivity contribution in [1.82, 2.24) is 10.9 Å². The van der Waals surface area contributed by atoms with Crippen molar-refractivity contribution in [2.75, 3.05) is 6.54 Å². The molecule has 0 heterocycles. The van der Waals surface area contributed by atoms with Crippen LogP contribution in [0, 0.1) is 10.1 Å². The Kier molecular flexibility index (Phi) is 5.23. The van der Waals surface area contributed by atoms with Crippen LogP contribution in [0.2, 0.25) is 0 Å². The van der Waals surface area contributed by atoms with Gasteiger partial charge in [0.25, 0.3) is 5.69 Å². The first-order valence-electron chi connectivity index (χ1n) is 6.49. The fourth-order valence-corrected chi connectivity index (χ4v) is 1.84. The van der Waals surface area contributed by atoms with Crippen molar-refractivity contribution < 1.29 is 4.92 Å². The maximum absolute atomic E-state index is 10.5. The van der Waals surface area contributed by atoms with Crippen LogP contribution in [0.5, 0.6) is 0 Å². The second kappa shape index (κ2) is 7.37. The van der Waals surface area contributed by atoms with E-state index in [0.29, 0.717) is 0 Å². The van der Waals surface area contributed by atoms with E-state index < -0.39 is 0 Å². The maximum Gasteiger partial charge on any atom is 0.269 e. The van der Waals surface area contributed by atoms with Gasteiger partial charge in [0, 0.05) is 25.2 Å². The van der Waals surface area contributed by atoms with Gasteiger partial charge >= 0.3 is 0 Å². The van der Waals surface area contributed by atoms with Gasteiger partial charge in [-0.25, -0.2) is 0 Å². The lowest BCUT2D eigenvalue weighted by Crippen LogP contribution is -2.32. The molecular formula is C15H17N3O2. The van der Waals surface area contributed by atoms with Crippen molar-refractivity contribution >= 4 is 5.69 Å². The Hall–Kier alpha value is -2.24. The van der Waals surface area contributed by atoms with Crippen LogP contribution in [0.15, 0.2) is 54.6 Å². The van der Waals surface area contributed by atoms with E-state index in [0.717, 1.165) is 25.1 Å². The van der Waals surface area contributed by atoms with Crippen LogP contribution in [-0.4, -0.2) is 11.5 Å². The minimum atomic E-state index is -0.385. The van der Waals surface area contributed by atoms with Crippen LogP contribution in [0.3, 0.4) is 0 Å². The van der Waals surface area contributed by atoms with Gasteiger partial charge in [0.2, 0.25) is 0 Å². The van der Waals surface area contributed by atoms with Gasteiger partial charge in [-0.1, -0.05) is 42.5 Å². The Balaban J connectivity index is 1.67. The summed E-state index contributed by atoms with van der Waals surface area (Å²) in [5, 5.41) is 10.5. The van der Waals surface area contributed by atoms with E-state index in [1.165, 1.54) is 17.7 Å². The normalized spacial score (nSPS) is 10.4. The van der Waals surface area contributed by atoms with Crippen LogP contribution in [-0.2, 0) is 13.0 Å². The third-order valence-electron chi connectivity index (χ3n) is 2.95. The predicted molar refractivity (Wildman–Crippen MR) is 78.1 cm³/mol. The lowest BCUT2D eigenvalue weighted by Gasteiger charge is -2.07. The van der Waals surface area contributed by atoms with Gasteiger partial charge in [0.15, 0.2) is 0 Å². The minimum Gasteiger partial charge on any atom is -0.258 e. The standard InChI is InChI=1S/C15H17N3O2/c19-18(20)15-8-6-13(7-9-15)10-11-16-17-12-14-4-2-1-3-5-14/h1-9,16-17H,10-12H2. The zero-order chi connectivity index (χ0) is 14.2. The number of nitro benzene ring substituents is 1. The summed E-state index contributed by atoms with van der Waals surface area (Å²) in [5.74, 6) is 0. The van der Waals surface area contributed by atoms with E-state index in [1.54, 1.807) is 12.1 Å². The van der Waals surface area contributed by atoms with Crippen molar-refractivity contribution in [3.63, 3.8) is 0 Å². The zero-order valence-electron chi connectivity index (χ0n) is 11.1. The van der Waals surface area contributed by atoms with Crippen LogP contribution < -0.4 is 10.9 Å². The van der Waals surface area contributed by atoms with Gasteiger partial charge in [-0.2, -0.15) is 0 Å². The Morgan fingerprint density at radius 3 is 2.25 bits per heavy atom. The van der Waals surface area contributed by atoms with Gasteiger partial charge in [0.05, 0.1) is 4.92 Å². The Morgan fingerprint density at radius 1 is 0.900 bits per heavy atom. The molecule has 2 aromatic rings. The molecule has 0 saturated heterocycles. The molecule has 2 N–H and O–H groups in total. The van der Waals surface area contributed by atoms with Gasteiger partial charge in [-0.3, -0.25) is 21.0 Å². The quantitative estimate of drug-likeness (QED) is 0.461. The van der Waals surface area contributed by atoms with Crippen molar-refractivity contribution in [3.8, 4) is 0 Å². The largest absolute Gasteiger partial charge is 0.269 e. The SMILES string of the molecule is O=[N+]([O-])c1ccc(CCNNCc2ccccc2)cc1. The monoisotopic (exact) mass is 271 g/mol. The average Bonchev–Trinajstić information content (AvgIpc) is 2.48. The highest BCUT2D eigenvalue weighted by Crippen LogP contribution is 2.11. The first kappa shape index (κ1) is 14.2. The molecule has 104 valence electrons. The molecule has 0 aliphatic rings. The molecule has 20 heavy (non-hydrogen) atoms. The second-order valence-electron chi connectivity index (χ2n) is 4.44. The van der Waals surface area contributed by atoms with Crippen molar-refractivity contribution in [2.45, 2.75) is 13.0 Å². The number of nitrogens with zero attached hydrogens (tertiary/aromatic N) is 1. The summed E-state index contributed by atoms with van der Waals surface area (Å²) in [5.41, 5.74) is 8.70. The number of nitro groups is 1. The molecule has 0 bridgehead atoms. The molecule has 5 nitrogen and oxygen atoms in total. The van der Waals surface area contributed by atoms with Crippen LogP contribution in [0.1, 0.15) is 11.1 Å². The highest BCUT2D eigenvalue weighted by molar-refractivity contribution is 5.32. The minimum absolute atomic E-state index is 0.129. The van der Waals surface area contributed by atoms with E-state index in [1.807, 2.05) is 18.2 Å². The van der Waals surface area contributed by atoms with E-state index >= 15 is 0 Å². The fraction of sp³-hybridized carbons (Fsp3) is 0.200. The third kappa shape index (κ3) is 4.46. The molecule has 2 aromatic carbocycles. The van der Waals surface area contributed by atoms with Crippen molar-refractivity contribution in [3.05, 3.63) is 75.8 Å². The topological polar surface area (TPSA) is 67.2 Å². The Labute approximate surface area is 117 Å². The summed E-state index contributed by atoms with van der Waals surface area (Å²) in [6.07, 6.45) is 0.819. The molecule has 0 fully saturated rings. The summed E-state index contributed by atoms with van der Waals surface area (Å²) < 4.78 is 0. The van der Waals surface area contributed by atoms with Gasteiger partial charge in [-0.05, 0) is 17.5 Å². The highest BCUT2D eigenvalue weighted by atomic mass is 16.6. The molecule has 0 aromatic heterocycles. The summed E-state index contributed by atoms with van der Waals surface area (Å²) in [6.45, 7) is 1.53.